The lowest BCUT2D eigenvalue weighted by Gasteiger charge is -2.12. The zero-order valence-electron chi connectivity index (χ0n) is 19.5. The maximum absolute atomic E-state index is 12.9. The topological polar surface area (TPSA) is 143 Å². The molecule has 35 heavy (non-hydrogen) atoms. The van der Waals surface area contributed by atoms with Crippen molar-refractivity contribution in [2.45, 2.75) is 39.2 Å². The first-order valence-corrected chi connectivity index (χ1v) is 11.1. The fourth-order valence-electron chi connectivity index (χ4n) is 3.47. The predicted octanol–water partition coefficient (Wildman–Crippen LogP) is 3.23. The van der Waals surface area contributed by atoms with Gasteiger partial charge in [-0.05, 0) is 24.6 Å². The van der Waals surface area contributed by atoms with Crippen LogP contribution in [-0.2, 0) is 27.3 Å². The number of hydrogen-bond acceptors (Lipinski definition) is 8. The number of nitrogens with one attached hydrogen (secondary N) is 1. The Morgan fingerprint density at radius 2 is 1.97 bits per heavy atom. The van der Waals surface area contributed by atoms with Crippen molar-refractivity contribution in [1.82, 2.24) is 9.55 Å². The molecule has 1 N–H and O–H groups in total. The smallest absolute Gasteiger partial charge is 0.306 e. The number of fused-ring (bicyclic) bond motifs is 1. The second-order valence-electron chi connectivity index (χ2n) is 7.71. The Bertz CT molecular complexity index is 1300. The van der Waals surface area contributed by atoms with Crippen LogP contribution < -0.4 is 15.6 Å². The molecule has 0 bridgehead atoms. The molecule has 0 aliphatic heterocycles. The quantitative estimate of drug-likeness (QED) is 0.249. The van der Waals surface area contributed by atoms with E-state index in [4.69, 9.17) is 9.47 Å². The zero-order chi connectivity index (χ0) is 25.4. The molecule has 1 aromatic heterocycles. The van der Waals surface area contributed by atoms with Crippen LogP contribution in [0.5, 0.6) is 5.75 Å². The molecule has 0 atom stereocenters. The Balaban J connectivity index is 1.60. The van der Waals surface area contributed by atoms with Gasteiger partial charge in [-0.3, -0.25) is 24.5 Å². The normalized spacial score (nSPS) is 10.7. The average Bonchev–Trinajstić information content (AvgIpc) is 2.85. The highest BCUT2D eigenvalue weighted by atomic mass is 16.6. The molecule has 0 fully saturated rings. The molecular formula is C24H26N4O7. The van der Waals surface area contributed by atoms with Crippen LogP contribution in [0.15, 0.2) is 47.3 Å². The lowest BCUT2D eigenvalue weighted by molar-refractivity contribution is -0.384. The molecule has 11 heteroatoms. The zero-order valence-corrected chi connectivity index (χ0v) is 19.5. The summed E-state index contributed by atoms with van der Waals surface area (Å²) in [6.45, 7) is 2.03. The number of methoxy groups -OCH3 is 1. The van der Waals surface area contributed by atoms with Gasteiger partial charge in [-0.1, -0.05) is 25.5 Å². The number of para-hydroxylation sites is 2. The first kappa shape index (κ1) is 25.3. The lowest BCUT2D eigenvalue weighted by Crippen LogP contribution is -2.27. The molecule has 0 saturated heterocycles. The molecule has 184 valence electrons. The largest absolute Gasteiger partial charge is 0.494 e. The van der Waals surface area contributed by atoms with Gasteiger partial charge in [-0.15, -0.1) is 0 Å². The number of non-ortho nitro benzene ring substituents is 1. The summed E-state index contributed by atoms with van der Waals surface area (Å²) in [5.74, 6) is -1.21. The molecule has 0 aliphatic carbocycles. The number of aromatic nitrogens is 2. The number of benzene rings is 2. The van der Waals surface area contributed by atoms with Crippen molar-refractivity contribution in [2.75, 3.05) is 19.0 Å². The monoisotopic (exact) mass is 482 g/mol. The van der Waals surface area contributed by atoms with Crippen molar-refractivity contribution in [3.63, 3.8) is 0 Å². The first-order chi connectivity index (χ1) is 16.8. The van der Waals surface area contributed by atoms with Crippen molar-refractivity contribution in [2.24, 2.45) is 0 Å². The van der Waals surface area contributed by atoms with Crippen LogP contribution in [0.4, 0.5) is 11.4 Å². The Hall–Kier alpha value is -4.28. The van der Waals surface area contributed by atoms with E-state index in [1.165, 1.54) is 25.3 Å². The fraction of sp³-hybridized carbons (Fsp3) is 0.333. The van der Waals surface area contributed by atoms with Crippen LogP contribution in [0.25, 0.3) is 11.0 Å². The number of hydrogen-bond donors (Lipinski definition) is 1. The van der Waals surface area contributed by atoms with Gasteiger partial charge >= 0.3 is 5.97 Å². The second-order valence-corrected chi connectivity index (χ2v) is 7.71. The summed E-state index contributed by atoms with van der Waals surface area (Å²) in [5, 5.41) is 13.4. The first-order valence-electron chi connectivity index (χ1n) is 11.1. The third kappa shape index (κ3) is 6.40. The Morgan fingerprint density at radius 1 is 1.20 bits per heavy atom. The number of rotatable bonds is 11. The van der Waals surface area contributed by atoms with Crippen molar-refractivity contribution in [1.29, 1.82) is 0 Å². The number of anilines is 1. The van der Waals surface area contributed by atoms with E-state index in [1.807, 2.05) is 31.2 Å². The van der Waals surface area contributed by atoms with Crippen molar-refractivity contribution in [3.05, 3.63) is 68.6 Å². The molecule has 0 saturated carbocycles. The van der Waals surface area contributed by atoms with E-state index >= 15 is 0 Å². The van der Waals surface area contributed by atoms with Gasteiger partial charge < -0.3 is 19.4 Å². The van der Waals surface area contributed by atoms with Crippen LogP contribution in [0.1, 0.15) is 31.9 Å². The van der Waals surface area contributed by atoms with Crippen LogP contribution in [0.2, 0.25) is 0 Å². The highest BCUT2D eigenvalue weighted by Gasteiger charge is 2.16. The number of amides is 1. The molecule has 1 amide bonds. The van der Waals surface area contributed by atoms with Crippen LogP contribution in [-0.4, -0.2) is 40.1 Å². The summed E-state index contributed by atoms with van der Waals surface area (Å²) < 4.78 is 11.8. The van der Waals surface area contributed by atoms with E-state index in [0.717, 1.165) is 18.4 Å². The van der Waals surface area contributed by atoms with Crippen LogP contribution in [0, 0.1) is 10.1 Å². The summed E-state index contributed by atoms with van der Waals surface area (Å²) in [4.78, 5) is 52.0. The fourth-order valence-corrected chi connectivity index (χ4v) is 3.47. The number of aryl methyl sites for hydroxylation is 2. The molecule has 3 rings (SSSR count). The number of esters is 1. The van der Waals surface area contributed by atoms with Gasteiger partial charge in [0.2, 0.25) is 0 Å². The highest BCUT2D eigenvalue weighted by molar-refractivity contribution is 5.94. The molecular weight excluding hydrogens is 456 g/mol. The van der Waals surface area contributed by atoms with Gasteiger partial charge in [0.25, 0.3) is 17.2 Å². The number of unbranched alkanes of at least 4 members (excludes halogenated alkanes) is 1. The van der Waals surface area contributed by atoms with E-state index in [0.29, 0.717) is 12.1 Å². The average molecular weight is 482 g/mol. The van der Waals surface area contributed by atoms with E-state index < -0.39 is 23.4 Å². The number of carbonyl (C=O) groups excluding carboxylic acids is 2. The molecule has 0 spiro atoms. The molecule has 0 unspecified atom stereocenters. The molecule has 0 radical (unpaired) electrons. The van der Waals surface area contributed by atoms with Gasteiger partial charge in [0.05, 0.1) is 41.2 Å². The number of ether oxygens (including phenoxy) is 2. The summed E-state index contributed by atoms with van der Waals surface area (Å²) >= 11 is 0. The van der Waals surface area contributed by atoms with E-state index in [1.54, 1.807) is 4.57 Å². The molecule has 3 aromatic rings. The minimum Gasteiger partial charge on any atom is -0.494 e. The van der Waals surface area contributed by atoms with Crippen molar-refractivity contribution in [3.8, 4) is 5.75 Å². The minimum absolute atomic E-state index is 0.0758. The standard InChI is InChI=1S/C24H26N4O7/c1-3-4-13-27-20-8-6-5-7-17(20)25-19(24(27)31)11-12-23(30)35-15-22(29)26-18-10-9-16(28(32)33)14-21(18)34-2/h5-10,14H,3-4,11-13,15H2,1-2H3,(H,26,29). The van der Waals surface area contributed by atoms with Crippen LogP contribution >= 0.6 is 0 Å². The summed E-state index contributed by atoms with van der Waals surface area (Å²) in [7, 11) is 1.31. The minimum atomic E-state index is -0.662. The van der Waals surface area contributed by atoms with Crippen molar-refractivity contribution < 1.29 is 24.0 Å². The summed E-state index contributed by atoms with van der Waals surface area (Å²) in [5.41, 5.74) is 1.44. The Morgan fingerprint density at radius 3 is 2.69 bits per heavy atom. The number of nitrogens with zero attached hydrogens (tertiary/aromatic N) is 3. The van der Waals surface area contributed by atoms with E-state index in [9.17, 15) is 24.5 Å². The van der Waals surface area contributed by atoms with Gasteiger partial charge in [0.1, 0.15) is 11.4 Å². The van der Waals surface area contributed by atoms with Crippen molar-refractivity contribution >= 4 is 34.3 Å². The number of carbonyl (C=O) groups is 2. The van der Waals surface area contributed by atoms with Crippen LogP contribution in [0.3, 0.4) is 0 Å². The third-order valence-corrected chi connectivity index (χ3v) is 5.26. The van der Waals surface area contributed by atoms with Gasteiger partial charge in [0.15, 0.2) is 6.61 Å². The predicted molar refractivity (Wildman–Crippen MR) is 128 cm³/mol. The second kappa shape index (κ2) is 11.7. The Labute approximate surface area is 200 Å². The maximum Gasteiger partial charge on any atom is 0.306 e. The number of nitro benzene ring substituents is 1. The summed E-state index contributed by atoms with van der Waals surface area (Å²) in [6, 6.07) is 11.1. The molecule has 0 aliphatic rings. The van der Waals surface area contributed by atoms with Gasteiger partial charge in [0, 0.05) is 19.0 Å². The lowest BCUT2D eigenvalue weighted by atomic mass is 10.2. The molecule has 1 heterocycles. The SMILES string of the molecule is CCCCn1c(=O)c(CCC(=O)OCC(=O)Nc2ccc([N+](=O)[O-])cc2OC)nc2ccccc21. The third-order valence-electron chi connectivity index (χ3n) is 5.26. The number of nitro groups is 1. The van der Waals surface area contributed by atoms with E-state index in [2.05, 4.69) is 10.3 Å². The Kier molecular flexibility index (Phi) is 8.49. The summed E-state index contributed by atoms with van der Waals surface area (Å²) in [6.07, 6.45) is 1.72. The maximum atomic E-state index is 12.9. The van der Waals surface area contributed by atoms with E-state index in [-0.39, 0.29) is 41.2 Å². The van der Waals surface area contributed by atoms with Gasteiger partial charge in [-0.25, -0.2) is 4.98 Å². The molecule has 2 aromatic carbocycles. The molecule has 11 nitrogen and oxygen atoms in total. The highest BCUT2D eigenvalue weighted by Crippen LogP contribution is 2.28. The van der Waals surface area contributed by atoms with Gasteiger partial charge in [-0.2, -0.15) is 0 Å².